The van der Waals surface area contributed by atoms with Crippen molar-refractivity contribution in [1.82, 2.24) is 14.9 Å². The number of hydrogen-bond acceptors (Lipinski definition) is 5. The number of alkyl halides is 3. The number of rotatable bonds is 3. The van der Waals surface area contributed by atoms with Gasteiger partial charge in [-0.25, -0.2) is 9.07 Å². The Hall–Kier alpha value is -2.62. The zero-order valence-electron chi connectivity index (χ0n) is 13.5. The molecule has 0 bridgehead atoms. The number of carbonyl (C=O) groups is 1. The first kappa shape index (κ1) is 18.2. The molecule has 0 atom stereocenters. The number of halogens is 4. The maximum absolute atomic E-state index is 13.7. The highest BCUT2D eigenvalue weighted by molar-refractivity contribution is 8.13. The van der Waals surface area contributed by atoms with E-state index in [-0.39, 0.29) is 22.7 Å². The van der Waals surface area contributed by atoms with Crippen molar-refractivity contribution in [3.05, 3.63) is 53.2 Å². The molecule has 0 saturated carbocycles. The van der Waals surface area contributed by atoms with Crippen molar-refractivity contribution in [1.29, 1.82) is 0 Å². The fourth-order valence-electron chi connectivity index (χ4n) is 2.49. The molecule has 5 nitrogen and oxygen atoms in total. The van der Waals surface area contributed by atoms with Gasteiger partial charge >= 0.3 is 6.18 Å². The molecule has 10 heteroatoms. The van der Waals surface area contributed by atoms with Crippen LogP contribution in [0.25, 0.3) is 17.0 Å². The summed E-state index contributed by atoms with van der Waals surface area (Å²) in [5, 5.41) is 6.86. The number of carbonyl (C=O) groups excluding carboxylic acids is 1. The SMILES string of the molecule is CSC(=O)c1c(C)noc1-c1cnn(-c2cccc(F)c2)c1C(F)(F)F. The second-order valence-electron chi connectivity index (χ2n) is 5.26. The molecule has 0 amide bonds. The average molecular weight is 385 g/mol. The second-order valence-corrected chi connectivity index (χ2v) is 6.04. The quantitative estimate of drug-likeness (QED) is 0.622. The van der Waals surface area contributed by atoms with Crippen LogP contribution < -0.4 is 0 Å². The Morgan fingerprint density at radius 3 is 2.65 bits per heavy atom. The molecule has 2 aromatic heterocycles. The molecule has 3 aromatic rings. The van der Waals surface area contributed by atoms with Crippen LogP contribution in [0.5, 0.6) is 0 Å². The van der Waals surface area contributed by atoms with E-state index in [0.29, 0.717) is 4.68 Å². The molecule has 1 aromatic carbocycles. The summed E-state index contributed by atoms with van der Waals surface area (Å²) >= 11 is 0.827. The molecule has 0 unspecified atom stereocenters. The van der Waals surface area contributed by atoms with Crippen LogP contribution in [-0.4, -0.2) is 26.3 Å². The number of hydrogen-bond donors (Lipinski definition) is 0. The minimum absolute atomic E-state index is 0.0539. The number of aromatic nitrogens is 3. The summed E-state index contributed by atoms with van der Waals surface area (Å²) in [6.07, 6.45) is -2.41. The lowest BCUT2D eigenvalue weighted by molar-refractivity contribution is -0.142. The van der Waals surface area contributed by atoms with Gasteiger partial charge in [-0.3, -0.25) is 4.79 Å². The summed E-state index contributed by atoms with van der Waals surface area (Å²) in [7, 11) is 0. The largest absolute Gasteiger partial charge is 0.434 e. The Morgan fingerprint density at radius 2 is 2.04 bits per heavy atom. The van der Waals surface area contributed by atoms with E-state index in [1.807, 2.05) is 0 Å². The van der Waals surface area contributed by atoms with Crippen molar-refractivity contribution in [3.8, 4) is 17.0 Å². The van der Waals surface area contributed by atoms with E-state index in [0.717, 1.165) is 30.1 Å². The zero-order chi connectivity index (χ0) is 19.1. The molecule has 0 N–H and O–H groups in total. The van der Waals surface area contributed by atoms with Gasteiger partial charge in [0.15, 0.2) is 11.5 Å². The van der Waals surface area contributed by atoms with E-state index in [1.54, 1.807) is 0 Å². The lowest BCUT2D eigenvalue weighted by Crippen LogP contribution is -2.15. The third-order valence-corrected chi connectivity index (χ3v) is 4.16. The van der Waals surface area contributed by atoms with E-state index < -0.39 is 28.4 Å². The first-order chi connectivity index (χ1) is 12.2. The Bertz CT molecular complexity index is 978. The first-order valence-electron chi connectivity index (χ1n) is 7.20. The van der Waals surface area contributed by atoms with Crippen molar-refractivity contribution >= 4 is 16.9 Å². The van der Waals surface area contributed by atoms with Gasteiger partial charge in [0.2, 0.25) is 5.12 Å². The Labute approximate surface area is 149 Å². The lowest BCUT2D eigenvalue weighted by Gasteiger charge is -2.12. The van der Waals surface area contributed by atoms with Crippen LogP contribution in [0.1, 0.15) is 21.7 Å². The molecular formula is C16H11F4N3O2S. The fourth-order valence-corrected chi connectivity index (χ4v) is 2.93. The topological polar surface area (TPSA) is 60.9 Å². The highest BCUT2D eigenvalue weighted by atomic mass is 32.2. The predicted molar refractivity (Wildman–Crippen MR) is 86.6 cm³/mol. The summed E-state index contributed by atoms with van der Waals surface area (Å²) in [5.74, 6) is -1.03. The molecule has 3 rings (SSSR count). The van der Waals surface area contributed by atoms with Gasteiger partial charge in [0, 0.05) is 0 Å². The maximum Gasteiger partial charge on any atom is 0.434 e. The van der Waals surface area contributed by atoms with Crippen molar-refractivity contribution in [2.45, 2.75) is 13.1 Å². The number of nitrogens with zero attached hydrogens (tertiary/aromatic N) is 3. The molecule has 0 fully saturated rings. The van der Waals surface area contributed by atoms with Crippen LogP contribution in [0, 0.1) is 12.7 Å². The molecule has 0 aliphatic carbocycles. The van der Waals surface area contributed by atoms with E-state index in [9.17, 15) is 22.4 Å². The monoisotopic (exact) mass is 385 g/mol. The summed E-state index contributed by atoms with van der Waals surface area (Å²) in [5.41, 5.74) is -1.63. The molecule has 2 heterocycles. The van der Waals surface area contributed by atoms with Gasteiger partial charge in [0.05, 0.1) is 28.7 Å². The van der Waals surface area contributed by atoms with Crippen LogP contribution in [-0.2, 0) is 6.18 Å². The molecule has 0 spiro atoms. The number of thioether (sulfide) groups is 1. The van der Waals surface area contributed by atoms with Crippen molar-refractivity contribution in [2.75, 3.05) is 6.26 Å². The molecule has 0 aliphatic rings. The van der Waals surface area contributed by atoms with Crippen LogP contribution in [0.2, 0.25) is 0 Å². The number of aryl methyl sites for hydroxylation is 1. The van der Waals surface area contributed by atoms with E-state index >= 15 is 0 Å². The van der Waals surface area contributed by atoms with Gasteiger partial charge in [0.25, 0.3) is 0 Å². The van der Waals surface area contributed by atoms with E-state index in [4.69, 9.17) is 4.52 Å². The highest BCUT2D eigenvalue weighted by Crippen LogP contribution is 2.40. The van der Waals surface area contributed by atoms with Gasteiger partial charge < -0.3 is 4.52 Å². The molecule has 136 valence electrons. The van der Waals surface area contributed by atoms with Crippen molar-refractivity contribution in [3.63, 3.8) is 0 Å². The van der Waals surface area contributed by atoms with Crippen LogP contribution in [0.15, 0.2) is 35.0 Å². The van der Waals surface area contributed by atoms with Crippen LogP contribution >= 0.6 is 11.8 Å². The maximum atomic E-state index is 13.7. The normalized spacial score (nSPS) is 11.8. The lowest BCUT2D eigenvalue weighted by atomic mass is 10.1. The molecule has 0 aliphatic heterocycles. The zero-order valence-corrected chi connectivity index (χ0v) is 14.3. The third-order valence-electron chi connectivity index (χ3n) is 3.59. The minimum Gasteiger partial charge on any atom is -0.355 e. The van der Waals surface area contributed by atoms with Gasteiger partial charge in [0.1, 0.15) is 5.82 Å². The summed E-state index contributed by atoms with van der Waals surface area (Å²) in [4.78, 5) is 12.1. The smallest absolute Gasteiger partial charge is 0.355 e. The molecule has 0 saturated heterocycles. The Kier molecular flexibility index (Phi) is 4.61. The summed E-state index contributed by atoms with van der Waals surface area (Å²) < 4.78 is 60.2. The minimum atomic E-state index is -4.83. The molecular weight excluding hydrogens is 374 g/mol. The van der Waals surface area contributed by atoms with E-state index in [2.05, 4.69) is 10.3 Å². The molecule has 26 heavy (non-hydrogen) atoms. The second kappa shape index (κ2) is 6.60. The average Bonchev–Trinajstić information content (AvgIpc) is 3.17. The molecule has 0 radical (unpaired) electrons. The van der Waals surface area contributed by atoms with Crippen LogP contribution in [0.4, 0.5) is 17.6 Å². The third kappa shape index (κ3) is 3.12. The van der Waals surface area contributed by atoms with Crippen molar-refractivity contribution in [2.24, 2.45) is 0 Å². The standard InChI is InChI=1S/C16H11F4N3O2S/c1-8-12(15(24)26-2)13(25-22-8)11-7-21-23(14(11)16(18,19)20)10-5-3-4-9(17)6-10/h3-7H,1-2H3. The first-order valence-corrected chi connectivity index (χ1v) is 8.42. The summed E-state index contributed by atoms with van der Waals surface area (Å²) in [6, 6.07) is 4.59. The Balaban J connectivity index is 2.27. The number of benzene rings is 1. The van der Waals surface area contributed by atoms with Gasteiger partial charge in [-0.1, -0.05) is 23.0 Å². The van der Waals surface area contributed by atoms with Gasteiger partial charge in [-0.2, -0.15) is 18.3 Å². The fraction of sp³-hybridized carbons (Fsp3) is 0.188. The van der Waals surface area contributed by atoms with Crippen molar-refractivity contribution < 1.29 is 26.9 Å². The summed E-state index contributed by atoms with van der Waals surface area (Å²) in [6.45, 7) is 1.46. The van der Waals surface area contributed by atoms with E-state index in [1.165, 1.54) is 25.3 Å². The highest BCUT2D eigenvalue weighted by Gasteiger charge is 2.41. The predicted octanol–water partition coefficient (Wildman–Crippen LogP) is 4.50. The van der Waals surface area contributed by atoms with Gasteiger partial charge in [-0.15, -0.1) is 0 Å². The Morgan fingerprint density at radius 1 is 1.31 bits per heavy atom. The van der Waals surface area contributed by atoms with Gasteiger partial charge in [-0.05, 0) is 31.4 Å². The van der Waals surface area contributed by atoms with Crippen LogP contribution in [0.3, 0.4) is 0 Å².